The van der Waals surface area contributed by atoms with Crippen LogP contribution in [-0.4, -0.2) is 27.1 Å². The molecular formula is C15H24N4. The SMILES string of the molecule is CC(CNC(C)(C)C)C(C)n1nnc2ccccc21. The molecule has 0 saturated carbocycles. The molecular weight excluding hydrogens is 236 g/mol. The molecule has 4 heteroatoms. The van der Waals surface area contributed by atoms with Gasteiger partial charge in [0.25, 0.3) is 0 Å². The fourth-order valence-corrected chi connectivity index (χ4v) is 2.07. The lowest BCUT2D eigenvalue weighted by molar-refractivity contribution is 0.304. The van der Waals surface area contributed by atoms with E-state index >= 15 is 0 Å². The summed E-state index contributed by atoms with van der Waals surface area (Å²) >= 11 is 0. The second-order valence-corrected chi connectivity index (χ2v) is 6.37. The predicted octanol–water partition coefficient (Wildman–Crippen LogP) is 3.02. The summed E-state index contributed by atoms with van der Waals surface area (Å²) in [5.74, 6) is 0.490. The fourth-order valence-electron chi connectivity index (χ4n) is 2.07. The summed E-state index contributed by atoms with van der Waals surface area (Å²) in [6, 6.07) is 8.44. The average molecular weight is 260 g/mol. The Morgan fingerprint density at radius 2 is 1.89 bits per heavy atom. The highest BCUT2D eigenvalue weighted by atomic mass is 15.4. The van der Waals surface area contributed by atoms with E-state index in [2.05, 4.69) is 56.3 Å². The van der Waals surface area contributed by atoms with Crippen molar-refractivity contribution in [3.63, 3.8) is 0 Å². The van der Waals surface area contributed by atoms with Crippen molar-refractivity contribution in [3.8, 4) is 0 Å². The van der Waals surface area contributed by atoms with E-state index in [1.54, 1.807) is 0 Å². The molecule has 19 heavy (non-hydrogen) atoms. The highest BCUT2D eigenvalue weighted by molar-refractivity contribution is 5.73. The zero-order chi connectivity index (χ0) is 14.0. The molecule has 2 unspecified atom stereocenters. The summed E-state index contributed by atoms with van der Waals surface area (Å²) in [4.78, 5) is 0. The van der Waals surface area contributed by atoms with Crippen LogP contribution in [0.5, 0.6) is 0 Å². The number of hydrogen-bond donors (Lipinski definition) is 1. The molecule has 4 nitrogen and oxygen atoms in total. The van der Waals surface area contributed by atoms with Crippen molar-refractivity contribution in [1.29, 1.82) is 0 Å². The number of fused-ring (bicyclic) bond motifs is 1. The van der Waals surface area contributed by atoms with Crippen LogP contribution in [-0.2, 0) is 0 Å². The van der Waals surface area contributed by atoms with Crippen molar-refractivity contribution in [3.05, 3.63) is 24.3 Å². The predicted molar refractivity (Wildman–Crippen MR) is 79.2 cm³/mol. The van der Waals surface area contributed by atoms with Gasteiger partial charge < -0.3 is 5.32 Å². The average Bonchev–Trinajstić information content (AvgIpc) is 2.78. The maximum atomic E-state index is 4.30. The summed E-state index contributed by atoms with van der Waals surface area (Å²) < 4.78 is 2.03. The Bertz CT molecular complexity index is 538. The molecule has 1 aromatic heterocycles. The molecule has 2 atom stereocenters. The second kappa shape index (κ2) is 5.29. The van der Waals surface area contributed by atoms with E-state index in [1.807, 2.05) is 22.9 Å². The lowest BCUT2D eigenvalue weighted by atomic mass is 10.0. The van der Waals surface area contributed by atoms with Crippen LogP contribution in [0, 0.1) is 5.92 Å². The Morgan fingerprint density at radius 3 is 2.58 bits per heavy atom. The minimum Gasteiger partial charge on any atom is -0.312 e. The lowest BCUT2D eigenvalue weighted by Gasteiger charge is -2.26. The topological polar surface area (TPSA) is 42.7 Å². The van der Waals surface area contributed by atoms with Crippen molar-refractivity contribution < 1.29 is 0 Å². The molecule has 0 radical (unpaired) electrons. The number of para-hydroxylation sites is 1. The first-order chi connectivity index (χ1) is 8.88. The minimum atomic E-state index is 0.151. The van der Waals surface area contributed by atoms with Crippen LogP contribution in [0.3, 0.4) is 0 Å². The number of nitrogens with one attached hydrogen (secondary N) is 1. The fraction of sp³-hybridized carbons (Fsp3) is 0.600. The Hall–Kier alpha value is -1.42. The van der Waals surface area contributed by atoms with Gasteiger partial charge in [-0.3, -0.25) is 0 Å². The first kappa shape index (κ1) is 14.0. The van der Waals surface area contributed by atoms with Gasteiger partial charge in [0.15, 0.2) is 0 Å². The Labute approximate surface area is 115 Å². The molecule has 0 saturated heterocycles. The molecule has 0 fully saturated rings. The van der Waals surface area contributed by atoms with Crippen LogP contribution in [0.1, 0.15) is 40.7 Å². The zero-order valence-electron chi connectivity index (χ0n) is 12.5. The van der Waals surface area contributed by atoms with Crippen molar-refractivity contribution in [2.24, 2.45) is 5.92 Å². The third-order valence-electron chi connectivity index (χ3n) is 3.54. The summed E-state index contributed by atoms with van der Waals surface area (Å²) in [6.07, 6.45) is 0. The summed E-state index contributed by atoms with van der Waals surface area (Å²) in [5, 5.41) is 12.1. The van der Waals surface area contributed by atoms with E-state index in [4.69, 9.17) is 0 Å². The number of hydrogen-bond acceptors (Lipinski definition) is 3. The van der Waals surface area contributed by atoms with E-state index in [0.29, 0.717) is 12.0 Å². The van der Waals surface area contributed by atoms with Gasteiger partial charge in [-0.15, -0.1) is 5.10 Å². The molecule has 0 bridgehead atoms. The molecule has 0 spiro atoms. The van der Waals surface area contributed by atoms with E-state index in [9.17, 15) is 0 Å². The minimum absolute atomic E-state index is 0.151. The van der Waals surface area contributed by atoms with Gasteiger partial charge >= 0.3 is 0 Å². The number of nitrogens with zero attached hydrogens (tertiary/aromatic N) is 3. The summed E-state index contributed by atoms with van der Waals surface area (Å²) in [7, 11) is 0. The van der Waals surface area contributed by atoms with Crippen LogP contribution >= 0.6 is 0 Å². The van der Waals surface area contributed by atoms with E-state index in [0.717, 1.165) is 17.6 Å². The molecule has 0 aliphatic heterocycles. The molecule has 1 aromatic carbocycles. The van der Waals surface area contributed by atoms with Crippen LogP contribution in [0.25, 0.3) is 11.0 Å². The zero-order valence-corrected chi connectivity index (χ0v) is 12.5. The first-order valence-electron chi connectivity index (χ1n) is 6.93. The molecule has 2 aromatic rings. The molecule has 0 aliphatic carbocycles. The van der Waals surface area contributed by atoms with Crippen LogP contribution in [0.15, 0.2) is 24.3 Å². The molecule has 0 aliphatic rings. The Balaban J connectivity index is 2.12. The summed E-state index contributed by atoms with van der Waals surface area (Å²) in [6.45, 7) is 12.0. The molecule has 1 N–H and O–H groups in total. The smallest absolute Gasteiger partial charge is 0.113 e. The van der Waals surface area contributed by atoms with Crippen molar-refractivity contribution in [2.75, 3.05) is 6.54 Å². The van der Waals surface area contributed by atoms with Crippen LogP contribution in [0.2, 0.25) is 0 Å². The number of aromatic nitrogens is 3. The van der Waals surface area contributed by atoms with Gasteiger partial charge in [-0.05, 0) is 45.7 Å². The van der Waals surface area contributed by atoms with Crippen molar-refractivity contribution >= 4 is 11.0 Å². The number of rotatable bonds is 4. The third kappa shape index (κ3) is 3.32. The maximum Gasteiger partial charge on any atom is 0.113 e. The van der Waals surface area contributed by atoms with Gasteiger partial charge in [0.1, 0.15) is 5.52 Å². The van der Waals surface area contributed by atoms with E-state index < -0.39 is 0 Å². The highest BCUT2D eigenvalue weighted by Gasteiger charge is 2.19. The molecule has 2 rings (SSSR count). The van der Waals surface area contributed by atoms with Crippen LogP contribution < -0.4 is 5.32 Å². The lowest BCUT2D eigenvalue weighted by Crippen LogP contribution is -2.40. The van der Waals surface area contributed by atoms with Crippen LogP contribution in [0.4, 0.5) is 0 Å². The van der Waals surface area contributed by atoms with Gasteiger partial charge in [0.2, 0.25) is 0 Å². The normalized spacial score (nSPS) is 15.6. The van der Waals surface area contributed by atoms with Gasteiger partial charge in [0, 0.05) is 12.1 Å². The summed E-state index contributed by atoms with van der Waals surface area (Å²) in [5.41, 5.74) is 2.22. The van der Waals surface area contributed by atoms with E-state index in [1.165, 1.54) is 0 Å². The monoisotopic (exact) mass is 260 g/mol. The highest BCUT2D eigenvalue weighted by Crippen LogP contribution is 2.21. The largest absolute Gasteiger partial charge is 0.312 e. The molecule has 1 heterocycles. The third-order valence-corrected chi connectivity index (χ3v) is 3.54. The maximum absolute atomic E-state index is 4.30. The second-order valence-electron chi connectivity index (χ2n) is 6.37. The van der Waals surface area contributed by atoms with Crippen molar-refractivity contribution in [1.82, 2.24) is 20.3 Å². The Kier molecular flexibility index (Phi) is 3.90. The first-order valence-corrected chi connectivity index (χ1v) is 6.93. The van der Waals surface area contributed by atoms with Crippen molar-refractivity contribution in [2.45, 2.75) is 46.2 Å². The number of benzene rings is 1. The van der Waals surface area contributed by atoms with Gasteiger partial charge in [0.05, 0.1) is 11.6 Å². The standard InChI is InChI=1S/C15H24N4/c1-11(10-16-15(3,4)5)12(2)19-14-9-7-6-8-13(14)17-18-19/h6-9,11-12,16H,10H2,1-5H3. The van der Waals surface area contributed by atoms with Gasteiger partial charge in [-0.1, -0.05) is 24.3 Å². The molecule has 0 amide bonds. The quantitative estimate of drug-likeness (QED) is 0.919. The van der Waals surface area contributed by atoms with E-state index in [-0.39, 0.29) is 5.54 Å². The molecule has 104 valence electrons. The van der Waals surface area contributed by atoms with Gasteiger partial charge in [-0.2, -0.15) is 0 Å². The Morgan fingerprint density at radius 1 is 1.21 bits per heavy atom. The van der Waals surface area contributed by atoms with Gasteiger partial charge in [-0.25, -0.2) is 4.68 Å².